The van der Waals surface area contributed by atoms with Crippen molar-refractivity contribution in [3.05, 3.63) is 150 Å². The molecule has 0 saturated carbocycles. The van der Waals surface area contributed by atoms with Crippen LogP contribution in [-0.4, -0.2) is 23.2 Å². The Labute approximate surface area is 265 Å². The summed E-state index contributed by atoms with van der Waals surface area (Å²) in [4.78, 5) is -0.810. The molecule has 11 heteroatoms. The number of rotatable bonds is 10. The van der Waals surface area contributed by atoms with Crippen molar-refractivity contribution in [1.29, 1.82) is 0 Å². The summed E-state index contributed by atoms with van der Waals surface area (Å²) in [6.45, 7) is 1.84. The first-order chi connectivity index (χ1) is 22.2. The van der Waals surface area contributed by atoms with Crippen LogP contribution in [-0.2, 0) is 23.1 Å². The minimum absolute atomic E-state index is 0.0441. The molecule has 0 aliphatic carbocycles. The van der Waals surface area contributed by atoms with Crippen molar-refractivity contribution in [2.24, 2.45) is 0 Å². The Balaban J connectivity index is 1.38. The van der Waals surface area contributed by atoms with Crippen LogP contribution in [0.5, 0.6) is 11.5 Å². The van der Waals surface area contributed by atoms with Crippen LogP contribution in [0.3, 0.4) is 0 Å². The predicted octanol–water partition coefficient (Wildman–Crippen LogP) is 7.35. The molecule has 0 saturated heterocycles. The Hall–Kier alpha value is -5.55. The lowest BCUT2D eigenvalue weighted by Gasteiger charge is -2.25. The summed E-state index contributed by atoms with van der Waals surface area (Å²) < 4.78 is 68.2. The molecule has 6 aromatic rings. The molecular formula is C35H29F2N5O3S. The van der Waals surface area contributed by atoms with Crippen LogP contribution in [0.1, 0.15) is 17.0 Å². The van der Waals surface area contributed by atoms with E-state index in [0.29, 0.717) is 29.3 Å². The number of nitrogens with zero attached hydrogens (tertiary/aromatic N) is 4. The maximum atomic E-state index is 15.7. The molecule has 0 atom stereocenters. The van der Waals surface area contributed by atoms with Crippen molar-refractivity contribution in [2.45, 2.75) is 24.9 Å². The summed E-state index contributed by atoms with van der Waals surface area (Å²) in [6.07, 6.45) is 1.48. The first kappa shape index (κ1) is 30.5. The number of sulfonamides is 1. The number of ether oxygens (including phenoxy) is 1. The lowest BCUT2D eigenvalue weighted by atomic mass is 10.0. The maximum absolute atomic E-state index is 15.7. The summed E-state index contributed by atoms with van der Waals surface area (Å²) in [6, 6.07) is 31.1. The Kier molecular flexibility index (Phi) is 8.49. The van der Waals surface area contributed by atoms with Crippen LogP contribution >= 0.6 is 0 Å². The van der Waals surface area contributed by atoms with Gasteiger partial charge in [0.15, 0.2) is 5.82 Å². The molecule has 0 aliphatic heterocycles. The van der Waals surface area contributed by atoms with E-state index < -0.39 is 26.6 Å². The molecule has 0 unspecified atom stereocenters. The molecule has 0 aliphatic rings. The van der Waals surface area contributed by atoms with Crippen molar-refractivity contribution in [3.8, 4) is 22.6 Å². The first-order valence-electron chi connectivity index (χ1n) is 14.3. The van der Waals surface area contributed by atoms with E-state index in [1.807, 2.05) is 43.3 Å². The third-order valence-electron chi connectivity index (χ3n) is 7.34. The number of para-hydroxylation sites is 1. The highest BCUT2D eigenvalue weighted by Crippen LogP contribution is 2.33. The van der Waals surface area contributed by atoms with Crippen molar-refractivity contribution in [2.75, 3.05) is 10.0 Å². The second kappa shape index (κ2) is 12.8. The van der Waals surface area contributed by atoms with E-state index in [1.165, 1.54) is 18.5 Å². The van der Waals surface area contributed by atoms with Gasteiger partial charge in [0.2, 0.25) is 0 Å². The number of hydrogen-bond donors (Lipinski definition) is 1. The Morgan fingerprint density at radius 3 is 2.26 bits per heavy atom. The third kappa shape index (κ3) is 6.59. The summed E-state index contributed by atoms with van der Waals surface area (Å²) in [5, 5.41) is 8.16. The van der Waals surface area contributed by atoms with E-state index in [-0.39, 0.29) is 23.6 Å². The minimum Gasteiger partial charge on any atom is -0.457 e. The summed E-state index contributed by atoms with van der Waals surface area (Å²) in [7, 11) is -4.68. The standard InChI is InChI=1S/C35H29F2N5O3S/c1-24-6-5-7-26(18-24)31-19-33(37)34(20-32(31)36)46(43,44)42(28-14-16-30(17-15-28)45-29-8-3-2-4-9-29)22-35-40-39-23-41(35)21-25-10-12-27(38)13-11-25/h2-20,23H,21-22,38H2,1H3. The number of aromatic nitrogens is 3. The molecular weight excluding hydrogens is 608 g/mol. The number of hydrogen-bond acceptors (Lipinski definition) is 6. The molecule has 6 rings (SSSR count). The van der Waals surface area contributed by atoms with Gasteiger partial charge in [-0.2, -0.15) is 0 Å². The van der Waals surface area contributed by atoms with Crippen LogP contribution in [0.15, 0.2) is 126 Å². The van der Waals surface area contributed by atoms with Crippen molar-refractivity contribution >= 4 is 21.4 Å². The van der Waals surface area contributed by atoms with Gasteiger partial charge >= 0.3 is 0 Å². The fourth-order valence-electron chi connectivity index (χ4n) is 4.98. The van der Waals surface area contributed by atoms with Crippen LogP contribution < -0.4 is 14.8 Å². The van der Waals surface area contributed by atoms with E-state index >= 15 is 8.78 Å². The van der Waals surface area contributed by atoms with Gasteiger partial charge in [0.1, 0.15) is 34.4 Å². The van der Waals surface area contributed by atoms with Crippen LogP contribution in [0.25, 0.3) is 11.1 Å². The SMILES string of the molecule is Cc1cccc(-c2cc(F)c(S(=O)(=O)N(Cc3nncn3Cc3ccc(N)cc3)c3ccc(Oc4ccccc4)cc3)cc2F)c1. The van der Waals surface area contributed by atoms with Gasteiger partial charge < -0.3 is 15.0 Å². The third-order valence-corrected chi connectivity index (χ3v) is 9.12. The number of anilines is 2. The van der Waals surface area contributed by atoms with E-state index in [4.69, 9.17) is 10.5 Å². The molecule has 0 amide bonds. The van der Waals surface area contributed by atoms with Gasteiger partial charge in [-0.15, -0.1) is 10.2 Å². The van der Waals surface area contributed by atoms with E-state index in [1.54, 1.807) is 59.2 Å². The molecule has 0 bridgehead atoms. The second-order valence-corrected chi connectivity index (χ2v) is 12.5. The number of aryl methyl sites for hydroxylation is 1. The van der Waals surface area contributed by atoms with Crippen LogP contribution in [0.4, 0.5) is 20.2 Å². The summed E-state index contributed by atoms with van der Waals surface area (Å²) in [5.74, 6) is -0.624. The van der Waals surface area contributed by atoms with Gasteiger partial charge in [-0.1, -0.05) is 60.2 Å². The molecule has 0 radical (unpaired) electrons. The molecule has 0 spiro atoms. The van der Waals surface area contributed by atoms with Crippen molar-refractivity contribution in [3.63, 3.8) is 0 Å². The van der Waals surface area contributed by atoms with Gasteiger partial charge in [0.05, 0.1) is 18.8 Å². The quantitative estimate of drug-likeness (QED) is 0.158. The Morgan fingerprint density at radius 1 is 0.826 bits per heavy atom. The largest absolute Gasteiger partial charge is 0.457 e. The van der Waals surface area contributed by atoms with Gasteiger partial charge in [-0.25, -0.2) is 17.2 Å². The lowest BCUT2D eigenvalue weighted by molar-refractivity contribution is 0.482. The lowest BCUT2D eigenvalue weighted by Crippen LogP contribution is -2.32. The summed E-state index contributed by atoms with van der Waals surface area (Å²) >= 11 is 0. The molecule has 1 heterocycles. The van der Waals surface area contributed by atoms with E-state index in [2.05, 4.69) is 10.2 Å². The zero-order valence-electron chi connectivity index (χ0n) is 24.7. The predicted molar refractivity (Wildman–Crippen MR) is 173 cm³/mol. The van der Waals surface area contributed by atoms with E-state index in [0.717, 1.165) is 27.6 Å². The molecule has 2 N–H and O–H groups in total. The van der Waals surface area contributed by atoms with Crippen molar-refractivity contribution in [1.82, 2.24) is 14.8 Å². The van der Waals surface area contributed by atoms with Crippen LogP contribution in [0, 0.1) is 18.6 Å². The molecule has 0 fully saturated rings. The first-order valence-corrected chi connectivity index (χ1v) is 15.7. The topological polar surface area (TPSA) is 103 Å². The molecule has 1 aromatic heterocycles. The number of halogens is 2. The molecule has 232 valence electrons. The minimum atomic E-state index is -4.68. The van der Waals surface area contributed by atoms with Gasteiger partial charge in [-0.05, 0) is 78.7 Å². The van der Waals surface area contributed by atoms with Gasteiger partial charge in [-0.3, -0.25) is 4.31 Å². The Morgan fingerprint density at radius 2 is 1.54 bits per heavy atom. The van der Waals surface area contributed by atoms with Gasteiger partial charge in [0.25, 0.3) is 10.0 Å². The zero-order chi connectivity index (χ0) is 32.3. The number of nitrogen functional groups attached to an aromatic ring is 1. The van der Waals surface area contributed by atoms with Crippen LogP contribution in [0.2, 0.25) is 0 Å². The average molecular weight is 638 g/mol. The molecule has 8 nitrogen and oxygen atoms in total. The normalized spacial score (nSPS) is 11.4. The smallest absolute Gasteiger partial charge is 0.267 e. The number of benzene rings is 5. The molecule has 5 aromatic carbocycles. The zero-order valence-corrected chi connectivity index (χ0v) is 25.5. The van der Waals surface area contributed by atoms with Crippen molar-refractivity contribution < 1.29 is 21.9 Å². The summed E-state index contributed by atoms with van der Waals surface area (Å²) in [5.41, 5.74) is 8.73. The van der Waals surface area contributed by atoms with E-state index in [9.17, 15) is 8.42 Å². The number of nitrogens with two attached hydrogens (primary N) is 1. The monoisotopic (exact) mass is 637 g/mol. The highest BCUT2D eigenvalue weighted by molar-refractivity contribution is 7.92. The van der Waals surface area contributed by atoms with Gasteiger partial charge in [0, 0.05) is 11.3 Å². The maximum Gasteiger partial charge on any atom is 0.267 e. The molecule has 46 heavy (non-hydrogen) atoms. The second-order valence-electron chi connectivity index (χ2n) is 10.7. The highest BCUT2D eigenvalue weighted by Gasteiger charge is 2.31. The highest BCUT2D eigenvalue weighted by atomic mass is 32.2. The fourth-order valence-corrected chi connectivity index (χ4v) is 6.46. The fraction of sp³-hybridized carbons (Fsp3) is 0.0857. The Bertz CT molecular complexity index is 2090. The average Bonchev–Trinajstić information content (AvgIpc) is 3.49.